The number of aliphatic hydroxyl groups excluding tert-OH is 2. The minimum Gasteiger partial charge on any atom is -0.393 e. The smallest absolute Gasteiger partial charge is 0.220 e. The summed E-state index contributed by atoms with van der Waals surface area (Å²) in [6.45, 7) is 18.6. The van der Waals surface area contributed by atoms with Crippen LogP contribution in [0.15, 0.2) is 0 Å². The quantitative estimate of drug-likeness (QED) is 0.286. The topological polar surface area (TPSA) is 107 Å². The van der Waals surface area contributed by atoms with Crippen molar-refractivity contribution in [3.8, 4) is 0 Å². The van der Waals surface area contributed by atoms with Gasteiger partial charge in [-0.05, 0) is 111 Å². The van der Waals surface area contributed by atoms with Gasteiger partial charge in [0.25, 0.3) is 0 Å². The lowest BCUT2D eigenvalue weighted by Gasteiger charge is -2.62. The van der Waals surface area contributed by atoms with Gasteiger partial charge in [-0.2, -0.15) is 0 Å². The predicted octanol–water partition coefficient (Wildman–Crippen LogP) is 3.38. The van der Waals surface area contributed by atoms with Crippen molar-refractivity contribution in [1.82, 2.24) is 20.4 Å². The number of nitrogens with one attached hydrogen (secondary N) is 2. The average Bonchev–Trinajstić information content (AvgIpc) is 3.43. The molecule has 4 aliphatic carbocycles. The Labute approximate surface area is 279 Å². The normalized spacial score (nSPS) is 40.5. The van der Waals surface area contributed by atoms with Crippen LogP contribution in [0.1, 0.15) is 85.0 Å². The van der Waals surface area contributed by atoms with Crippen LogP contribution >= 0.6 is 0 Å². The molecule has 4 N–H and O–H groups in total. The van der Waals surface area contributed by atoms with Gasteiger partial charge in [0.15, 0.2) is 0 Å². The molecule has 1 amide bonds. The summed E-state index contributed by atoms with van der Waals surface area (Å²) in [6, 6.07) is 0. The van der Waals surface area contributed by atoms with Crippen LogP contribution in [0.2, 0.25) is 0 Å². The summed E-state index contributed by atoms with van der Waals surface area (Å²) < 4.78 is 10.6. The molecule has 2 heterocycles. The first-order valence-corrected chi connectivity index (χ1v) is 19.0. The Morgan fingerprint density at radius 2 is 1.52 bits per heavy atom. The maximum Gasteiger partial charge on any atom is 0.220 e. The number of nitrogens with zero attached hydrogens (tertiary/aromatic N) is 2. The second-order valence-corrected chi connectivity index (χ2v) is 16.3. The second kappa shape index (κ2) is 16.7. The Hall–Kier alpha value is -0.810. The number of carbonyl (C=O) groups is 1. The van der Waals surface area contributed by atoms with Crippen molar-refractivity contribution in [2.45, 2.75) is 97.2 Å². The van der Waals surface area contributed by atoms with Crippen LogP contribution in [0.4, 0.5) is 0 Å². The summed E-state index contributed by atoms with van der Waals surface area (Å²) in [5.41, 5.74) is 0.262. The van der Waals surface area contributed by atoms with E-state index in [9.17, 15) is 15.0 Å². The Morgan fingerprint density at radius 3 is 2.17 bits per heavy atom. The van der Waals surface area contributed by atoms with Gasteiger partial charge in [-0.3, -0.25) is 14.6 Å². The number of morpholine rings is 2. The monoisotopic (exact) mass is 649 g/mol. The zero-order chi connectivity index (χ0) is 32.7. The minimum absolute atomic E-state index is 0.0230. The molecule has 9 heteroatoms. The van der Waals surface area contributed by atoms with Gasteiger partial charge in [0, 0.05) is 58.8 Å². The molecule has 2 aliphatic heterocycles. The van der Waals surface area contributed by atoms with Crippen molar-refractivity contribution in [3.63, 3.8) is 0 Å². The predicted molar refractivity (Wildman–Crippen MR) is 182 cm³/mol. The summed E-state index contributed by atoms with van der Waals surface area (Å²) in [6.07, 6.45) is 10.0. The molecule has 2 saturated heterocycles. The highest BCUT2D eigenvalue weighted by atomic mass is 16.5. The molecule has 10 unspecified atom stereocenters. The van der Waals surface area contributed by atoms with Crippen molar-refractivity contribution in [1.29, 1.82) is 0 Å². The first-order chi connectivity index (χ1) is 22.2. The van der Waals surface area contributed by atoms with E-state index in [-0.39, 0.29) is 28.9 Å². The largest absolute Gasteiger partial charge is 0.393 e. The highest BCUT2D eigenvalue weighted by Crippen LogP contribution is 2.68. The Kier molecular flexibility index (Phi) is 13.3. The molecule has 46 heavy (non-hydrogen) atoms. The zero-order valence-electron chi connectivity index (χ0n) is 29.7. The SMILES string of the molecule is CC(CCC(=O)NCCN1CCOCC1)C1CCC2C3CCC4CC(O)CCC4(C)C3CC(O)C12C.CNCCN1CCOCC1. The molecule has 0 aromatic heterocycles. The van der Waals surface area contributed by atoms with E-state index < -0.39 is 0 Å². The van der Waals surface area contributed by atoms with Crippen LogP contribution in [0.25, 0.3) is 0 Å². The standard InChI is InChI=1S/C30H52N2O4.C7H16N2O/c1-20(4-9-28(35)31-12-13-32-14-16-36-17-15-32)24-7-8-25-23-6-5-21-18-22(33)10-11-29(21,2)26(23)19-27(34)30(24,25)3;1-8-2-3-9-4-6-10-7-5-9/h20-27,33-34H,4-19H2,1-3H3,(H,31,35);8H,2-7H2,1H3. The summed E-state index contributed by atoms with van der Waals surface area (Å²) in [5.74, 6) is 3.66. The van der Waals surface area contributed by atoms with Crippen molar-refractivity contribution in [2.24, 2.45) is 46.3 Å². The van der Waals surface area contributed by atoms with Crippen molar-refractivity contribution in [2.75, 3.05) is 85.8 Å². The third kappa shape index (κ3) is 8.31. The third-order valence-corrected chi connectivity index (χ3v) is 14.0. The molecular weight excluding hydrogens is 580 g/mol. The Balaban J connectivity index is 0.000000356. The lowest BCUT2D eigenvalue weighted by molar-refractivity contribution is -0.174. The van der Waals surface area contributed by atoms with Crippen molar-refractivity contribution < 1.29 is 24.5 Å². The number of hydrogen-bond acceptors (Lipinski definition) is 8. The summed E-state index contributed by atoms with van der Waals surface area (Å²) in [7, 11) is 1.99. The molecule has 0 aromatic carbocycles. The molecule has 6 aliphatic rings. The maximum absolute atomic E-state index is 12.6. The molecule has 6 rings (SSSR count). The second-order valence-electron chi connectivity index (χ2n) is 16.3. The van der Waals surface area contributed by atoms with Gasteiger partial charge in [-0.25, -0.2) is 0 Å². The van der Waals surface area contributed by atoms with E-state index in [2.05, 4.69) is 41.2 Å². The van der Waals surface area contributed by atoms with Gasteiger partial charge in [0.1, 0.15) is 0 Å². The summed E-state index contributed by atoms with van der Waals surface area (Å²) in [4.78, 5) is 17.4. The molecule has 9 nitrogen and oxygen atoms in total. The maximum atomic E-state index is 12.6. The fourth-order valence-corrected chi connectivity index (χ4v) is 11.1. The van der Waals surface area contributed by atoms with Gasteiger partial charge in [-0.15, -0.1) is 0 Å². The van der Waals surface area contributed by atoms with Crippen LogP contribution in [-0.4, -0.2) is 124 Å². The van der Waals surface area contributed by atoms with Gasteiger partial charge >= 0.3 is 0 Å². The minimum atomic E-state index is -0.247. The fraction of sp³-hybridized carbons (Fsp3) is 0.973. The Bertz CT molecular complexity index is 945. The van der Waals surface area contributed by atoms with Gasteiger partial charge in [0.2, 0.25) is 5.91 Å². The van der Waals surface area contributed by atoms with Crippen LogP contribution < -0.4 is 10.6 Å². The fourth-order valence-electron chi connectivity index (χ4n) is 11.1. The number of rotatable bonds is 10. The van der Waals surface area contributed by atoms with E-state index in [1.54, 1.807) is 0 Å². The lowest BCUT2D eigenvalue weighted by atomic mass is 9.43. The molecule has 0 bridgehead atoms. The highest BCUT2D eigenvalue weighted by molar-refractivity contribution is 5.75. The zero-order valence-corrected chi connectivity index (χ0v) is 29.7. The number of ether oxygens (including phenoxy) is 2. The number of amides is 1. The molecule has 10 atom stereocenters. The Morgan fingerprint density at radius 1 is 0.870 bits per heavy atom. The number of likely N-dealkylation sites (N-methyl/N-ethyl adjacent to an activating group) is 1. The van der Waals surface area contributed by atoms with E-state index in [4.69, 9.17) is 9.47 Å². The van der Waals surface area contributed by atoms with Crippen LogP contribution in [0, 0.1) is 46.3 Å². The molecule has 6 fully saturated rings. The molecule has 0 aromatic rings. The number of fused-ring (bicyclic) bond motifs is 5. The summed E-state index contributed by atoms with van der Waals surface area (Å²) >= 11 is 0. The van der Waals surface area contributed by atoms with Gasteiger partial charge in [0.05, 0.1) is 38.6 Å². The molecule has 266 valence electrons. The van der Waals surface area contributed by atoms with E-state index in [0.717, 1.165) is 117 Å². The molecule has 0 radical (unpaired) electrons. The number of carbonyl (C=O) groups excluding carboxylic acids is 1. The van der Waals surface area contributed by atoms with Crippen LogP contribution in [0.3, 0.4) is 0 Å². The average molecular weight is 649 g/mol. The van der Waals surface area contributed by atoms with E-state index in [1.165, 1.54) is 25.7 Å². The third-order valence-electron chi connectivity index (χ3n) is 14.0. The van der Waals surface area contributed by atoms with Crippen molar-refractivity contribution in [3.05, 3.63) is 0 Å². The molecular formula is C37H68N4O5. The van der Waals surface area contributed by atoms with E-state index >= 15 is 0 Å². The first kappa shape index (κ1) is 36.5. The molecule has 4 saturated carbocycles. The van der Waals surface area contributed by atoms with E-state index in [1.807, 2.05) is 7.05 Å². The van der Waals surface area contributed by atoms with Crippen molar-refractivity contribution >= 4 is 5.91 Å². The van der Waals surface area contributed by atoms with Crippen LogP contribution in [-0.2, 0) is 14.3 Å². The van der Waals surface area contributed by atoms with Gasteiger partial charge < -0.3 is 30.3 Å². The van der Waals surface area contributed by atoms with Gasteiger partial charge in [-0.1, -0.05) is 20.8 Å². The van der Waals surface area contributed by atoms with E-state index in [0.29, 0.717) is 36.0 Å². The number of aliphatic hydroxyl groups is 2. The lowest BCUT2D eigenvalue weighted by Crippen LogP contribution is -2.58. The highest BCUT2D eigenvalue weighted by Gasteiger charge is 2.63. The molecule has 0 spiro atoms. The summed E-state index contributed by atoms with van der Waals surface area (Å²) in [5, 5.41) is 28.3. The first-order valence-electron chi connectivity index (χ1n) is 19.0. The number of hydrogen-bond donors (Lipinski definition) is 4. The van der Waals surface area contributed by atoms with Crippen LogP contribution in [0.5, 0.6) is 0 Å².